The Morgan fingerprint density at radius 3 is 3.18 bits per heavy atom. The number of morpholine rings is 1. The molecule has 0 aromatic heterocycles. The molecule has 0 radical (unpaired) electrons. The van der Waals surface area contributed by atoms with Crippen molar-refractivity contribution in [2.75, 3.05) is 19.8 Å². The van der Waals surface area contributed by atoms with Gasteiger partial charge in [-0.3, -0.25) is 14.6 Å². The van der Waals surface area contributed by atoms with E-state index >= 15 is 0 Å². The standard InChI is InChI=1S/C10H13N3O4/c1-8-10(15)12-2-4-16-6-9(12)11-13(8)3-5-17-7-14/h3,5,7,9,11H,1-2,4,6H2/b5-3-. The molecule has 92 valence electrons. The number of nitrogens with zero attached hydrogens (tertiary/aromatic N) is 2. The number of ether oxygens (including phenoxy) is 2. The van der Waals surface area contributed by atoms with E-state index in [9.17, 15) is 9.59 Å². The maximum Gasteiger partial charge on any atom is 0.297 e. The van der Waals surface area contributed by atoms with Gasteiger partial charge in [-0.25, -0.2) is 5.43 Å². The highest BCUT2D eigenvalue weighted by Crippen LogP contribution is 2.17. The first-order valence-corrected chi connectivity index (χ1v) is 5.13. The van der Waals surface area contributed by atoms with E-state index in [2.05, 4.69) is 16.7 Å². The molecular weight excluding hydrogens is 226 g/mol. The van der Waals surface area contributed by atoms with Crippen molar-refractivity contribution in [2.45, 2.75) is 6.17 Å². The molecule has 0 saturated carbocycles. The molecule has 17 heavy (non-hydrogen) atoms. The summed E-state index contributed by atoms with van der Waals surface area (Å²) in [7, 11) is 0. The zero-order valence-corrected chi connectivity index (χ0v) is 9.17. The highest BCUT2D eigenvalue weighted by Gasteiger charge is 2.35. The largest absolute Gasteiger partial charge is 0.435 e. The predicted octanol–water partition coefficient (Wildman–Crippen LogP) is -0.851. The molecular formula is C10H13N3O4. The van der Waals surface area contributed by atoms with Crippen molar-refractivity contribution < 1.29 is 19.1 Å². The van der Waals surface area contributed by atoms with Gasteiger partial charge in [-0.15, -0.1) is 0 Å². The zero-order chi connectivity index (χ0) is 12.3. The first-order valence-electron chi connectivity index (χ1n) is 5.13. The zero-order valence-electron chi connectivity index (χ0n) is 9.17. The Morgan fingerprint density at radius 2 is 2.41 bits per heavy atom. The van der Waals surface area contributed by atoms with E-state index < -0.39 is 0 Å². The lowest BCUT2D eigenvalue weighted by Crippen LogP contribution is -2.64. The molecule has 0 aromatic rings. The Kier molecular flexibility index (Phi) is 3.40. The third-order valence-electron chi connectivity index (χ3n) is 2.56. The predicted molar refractivity (Wildman–Crippen MR) is 56.7 cm³/mol. The van der Waals surface area contributed by atoms with Crippen molar-refractivity contribution in [1.82, 2.24) is 15.3 Å². The molecule has 2 heterocycles. The van der Waals surface area contributed by atoms with Crippen molar-refractivity contribution in [3.05, 3.63) is 24.7 Å². The topological polar surface area (TPSA) is 71.1 Å². The van der Waals surface area contributed by atoms with E-state index in [1.54, 1.807) is 4.90 Å². The van der Waals surface area contributed by atoms with Crippen molar-refractivity contribution in [1.29, 1.82) is 0 Å². The number of rotatable bonds is 3. The number of carbonyl (C=O) groups excluding carboxylic acids is 2. The molecule has 2 fully saturated rings. The summed E-state index contributed by atoms with van der Waals surface area (Å²) in [6.07, 6.45) is 2.36. The Bertz CT molecular complexity index is 369. The quantitative estimate of drug-likeness (QED) is 0.393. The Morgan fingerprint density at radius 1 is 1.59 bits per heavy atom. The lowest BCUT2D eigenvalue weighted by molar-refractivity contribution is -0.147. The summed E-state index contributed by atoms with van der Waals surface area (Å²) in [5, 5.41) is 1.42. The number of amides is 1. The van der Waals surface area contributed by atoms with E-state index in [0.29, 0.717) is 26.2 Å². The highest BCUT2D eigenvalue weighted by molar-refractivity contribution is 5.93. The van der Waals surface area contributed by atoms with Gasteiger partial charge < -0.3 is 14.4 Å². The minimum absolute atomic E-state index is 0.159. The van der Waals surface area contributed by atoms with Crippen LogP contribution in [0.4, 0.5) is 0 Å². The summed E-state index contributed by atoms with van der Waals surface area (Å²) >= 11 is 0. The SMILES string of the molecule is C=C1C(=O)N2CCOCC2NN1/C=C\OC=O. The van der Waals surface area contributed by atoms with Gasteiger partial charge in [0.1, 0.15) is 18.1 Å². The van der Waals surface area contributed by atoms with E-state index in [1.165, 1.54) is 11.2 Å². The fourth-order valence-electron chi connectivity index (χ4n) is 1.72. The van der Waals surface area contributed by atoms with Gasteiger partial charge in [-0.2, -0.15) is 0 Å². The van der Waals surface area contributed by atoms with Crippen LogP contribution in [0.15, 0.2) is 24.7 Å². The van der Waals surface area contributed by atoms with Gasteiger partial charge in [-0.05, 0) is 0 Å². The number of hydrazine groups is 1. The molecule has 1 amide bonds. The average molecular weight is 239 g/mol. The number of nitrogens with one attached hydrogen (secondary N) is 1. The minimum atomic E-state index is -0.220. The summed E-state index contributed by atoms with van der Waals surface area (Å²) in [6.45, 7) is 5.46. The smallest absolute Gasteiger partial charge is 0.297 e. The molecule has 0 bridgehead atoms. The number of hydrogen-bond donors (Lipinski definition) is 1. The van der Waals surface area contributed by atoms with Crippen LogP contribution >= 0.6 is 0 Å². The normalized spacial score (nSPS) is 25.1. The Labute approximate surface area is 98.2 Å². The second-order valence-electron chi connectivity index (χ2n) is 3.55. The van der Waals surface area contributed by atoms with Gasteiger partial charge in [0.25, 0.3) is 12.4 Å². The Balaban J connectivity index is 2.07. The van der Waals surface area contributed by atoms with Crippen molar-refractivity contribution in [2.24, 2.45) is 0 Å². The van der Waals surface area contributed by atoms with E-state index in [4.69, 9.17) is 4.74 Å². The third kappa shape index (κ3) is 2.29. The summed E-state index contributed by atoms with van der Waals surface area (Å²) in [5.41, 5.74) is 3.30. The second kappa shape index (κ2) is 4.98. The molecule has 7 nitrogen and oxygen atoms in total. The molecule has 2 rings (SSSR count). The monoisotopic (exact) mass is 239 g/mol. The van der Waals surface area contributed by atoms with Crippen LogP contribution in [0.2, 0.25) is 0 Å². The molecule has 2 aliphatic heterocycles. The first kappa shape index (κ1) is 11.6. The Hall–Kier alpha value is -1.86. The van der Waals surface area contributed by atoms with Gasteiger partial charge in [0.05, 0.1) is 19.4 Å². The number of carbonyl (C=O) groups is 2. The fourth-order valence-corrected chi connectivity index (χ4v) is 1.72. The lowest BCUT2D eigenvalue weighted by atomic mass is 10.2. The lowest BCUT2D eigenvalue weighted by Gasteiger charge is -2.44. The maximum absolute atomic E-state index is 11.9. The van der Waals surface area contributed by atoms with Gasteiger partial charge in [0.2, 0.25) is 0 Å². The third-order valence-corrected chi connectivity index (χ3v) is 2.56. The first-order chi connectivity index (χ1) is 8.24. The molecule has 0 spiro atoms. The van der Waals surface area contributed by atoms with Crippen LogP contribution in [0.3, 0.4) is 0 Å². The summed E-state index contributed by atoms with van der Waals surface area (Å²) in [6, 6.07) is 0. The number of hydrogen-bond acceptors (Lipinski definition) is 6. The van der Waals surface area contributed by atoms with Crippen molar-refractivity contribution in [3.8, 4) is 0 Å². The van der Waals surface area contributed by atoms with Gasteiger partial charge in [0.15, 0.2) is 0 Å². The van der Waals surface area contributed by atoms with Crippen molar-refractivity contribution in [3.63, 3.8) is 0 Å². The van der Waals surface area contributed by atoms with Crippen LogP contribution in [0.1, 0.15) is 0 Å². The van der Waals surface area contributed by atoms with Crippen LogP contribution < -0.4 is 5.43 Å². The molecule has 0 aliphatic carbocycles. The average Bonchev–Trinajstić information content (AvgIpc) is 2.35. The van der Waals surface area contributed by atoms with E-state index in [-0.39, 0.29) is 17.8 Å². The highest BCUT2D eigenvalue weighted by atomic mass is 16.5. The van der Waals surface area contributed by atoms with Gasteiger partial charge in [0, 0.05) is 6.54 Å². The second-order valence-corrected chi connectivity index (χ2v) is 3.55. The van der Waals surface area contributed by atoms with Crippen LogP contribution in [0.25, 0.3) is 0 Å². The van der Waals surface area contributed by atoms with E-state index in [0.717, 1.165) is 6.26 Å². The fraction of sp³-hybridized carbons (Fsp3) is 0.400. The van der Waals surface area contributed by atoms with Crippen LogP contribution in [0.5, 0.6) is 0 Å². The van der Waals surface area contributed by atoms with Crippen LogP contribution in [0, 0.1) is 0 Å². The molecule has 0 aromatic carbocycles. The molecule has 7 heteroatoms. The minimum Gasteiger partial charge on any atom is -0.435 e. The molecule has 1 atom stereocenters. The van der Waals surface area contributed by atoms with E-state index in [1.807, 2.05) is 0 Å². The summed E-state index contributed by atoms with van der Waals surface area (Å²) in [5.74, 6) is -0.159. The van der Waals surface area contributed by atoms with Crippen molar-refractivity contribution >= 4 is 12.4 Å². The number of fused-ring (bicyclic) bond motifs is 1. The maximum atomic E-state index is 11.9. The summed E-state index contributed by atoms with van der Waals surface area (Å²) < 4.78 is 9.69. The molecule has 1 unspecified atom stereocenters. The molecule has 2 saturated heterocycles. The summed E-state index contributed by atoms with van der Waals surface area (Å²) in [4.78, 5) is 23.6. The van der Waals surface area contributed by atoms with Gasteiger partial charge in [-0.1, -0.05) is 6.58 Å². The van der Waals surface area contributed by atoms with Crippen LogP contribution in [-0.2, 0) is 19.1 Å². The van der Waals surface area contributed by atoms with Gasteiger partial charge >= 0.3 is 0 Å². The molecule has 2 aliphatic rings. The molecule has 1 N–H and O–H groups in total. The van der Waals surface area contributed by atoms with Crippen LogP contribution in [-0.4, -0.2) is 48.2 Å².